The van der Waals surface area contributed by atoms with Gasteiger partial charge in [0.1, 0.15) is 11.9 Å². The number of benzene rings is 2. The van der Waals surface area contributed by atoms with Gasteiger partial charge >= 0.3 is 5.97 Å². The Morgan fingerprint density at radius 2 is 1.71 bits per heavy atom. The van der Waals surface area contributed by atoms with E-state index >= 15 is 0 Å². The summed E-state index contributed by atoms with van der Waals surface area (Å²) in [6.45, 7) is 7.19. The van der Waals surface area contributed by atoms with E-state index in [0.29, 0.717) is 38.9 Å². The minimum atomic E-state index is -0.882. The SMILES string of the molecule is CCOC(=O)C1CC2(CCN(C(=O)C3CC(=O)N(c4c(C)cccc4C)C3)CC2)CN1C(=O)c1cc(Cl)c(Cl)cc1F. The molecule has 0 saturated carbocycles. The van der Waals surface area contributed by atoms with Gasteiger partial charge in [-0.1, -0.05) is 41.4 Å². The third-order valence-corrected chi connectivity index (χ3v) is 9.61. The molecule has 0 N–H and O–H groups in total. The molecule has 3 heterocycles. The number of carbonyl (C=O) groups excluding carboxylic acids is 4. The summed E-state index contributed by atoms with van der Waals surface area (Å²) < 4.78 is 20.0. The zero-order valence-corrected chi connectivity index (χ0v) is 25.4. The maximum atomic E-state index is 14.8. The normalized spacial score (nSPS) is 21.8. The van der Waals surface area contributed by atoms with Crippen LogP contribution in [0.15, 0.2) is 30.3 Å². The van der Waals surface area contributed by atoms with Gasteiger partial charge in [0.05, 0.1) is 28.1 Å². The molecule has 3 aliphatic heterocycles. The molecule has 0 bridgehead atoms. The number of nitrogens with zero attached hydrogens (tertiary/aromatic N) is 3. The molecule has 11 heteroatoms. The molecule has 8 nitrogen and oxygen atoms in total. The molecule has 2 aromatic carbocycles. The predicted molar refractivity (Wildman–Crippen MR) is 157 cm³/mol. The lowest BCUT2D eigenvalue weighted by molar-refractivity contribution is -0.147. The first kappa shape index (κ1) is 30.3. The molecular weight excluding hydrogens is 584 g/mol. The second kappa shape index (κ2) is 11.8. The van der Waals surface area contributed by atoms with Crippen molar-refractivity contribution in [2.45, 2.75) is 52.5 Å². The fourth-order valence-corrected chi connectivity index (χ4v) is 7.02. The number of para-hydroxylation sites is 1. The van der Waals surface area contributed by atoms with Crippen LogP contribution in [0.1, 0.15) is 54.1 Å². The van der Waals surface area contributed by atoms with Gasteiger partial charge in [-0.3, -0.25) is 14.4 Å². The maximum absolute atomic E-state index is 14.8. The summed E-state index contributed by atoms with van der Waals surface area (Å²) in [4.78, 5) is 57.9. The highest BCUT2D eigenvalue weighted by Gasteiger charge is 2.51. The lowest BCUT2D eigenvalue weighted by Crippen LogP contribution is -2.47. The van der Waals surface area contributed by atoms with E-state index in [2.05, 4.69) is 0 Å². The second-order valence-electron chi connectivity index (χ2n) is 11.6. The maximum Gasteiger partial charge on any atom is 0.328 e. The number of hydrogen-bond acceptors (Lipinski definition) is 5. The van der Waals surface area contributed by atoms with E-state index in [1.165, 1.54) is 11.0 Å². The Morgan fingerprint density at radius 1 is 1.07 bits per heavy atom. The molecule has 0 aromatic heterocycles. The van der Waals surface area contributed by atoms with Crippen LogP contribution in [0.5, 0.6) is 0 Å². The molecule has 0 radical (unpaired) electrons. The van der Waals surface area contributed by atoms with E-state index < -0.39 is 35.1 Å². The Bertz CT molecular complexity index is 1420. The average Bonchev–Trinajstić information content (AvgIpc) is 3.51. The van der Waals surface area contributed by atoms with E-state index in [0.717, 1.165) is 22.9 Å². The van der Waals surface area contributed by atoms with Crippen LogP contribution in [-0.2, 0) is 19.1 Å². The zero-order valence-electron chi connectivity index (χ0n) is 23.9. The van der Waals surface area contributed by atoms with E-state index in [1.807, 2.05) is 32.0 Å². The molecule has 224 valence electrons. The Labute approximate surface area is 254 Å². The molecule has 2 aromatic rings. The number of aryl methyl sites for hydroxylation is 2. The number of amides is 3. The minimum absolute atomic E-state index is 0.0105. The number of anilines is 1. The van der Waals surface area contributed by atoms with Gasteiger partial charge in [0.2, 0.25) is 11.8 Å². The number of rotatable bonds is 5. The van der Waals surface area contributed by atoms with Crippen LogP contribution < -0.4 is 4.90 Å². The predicted octanol–water partition coefficient (Wildman–Crippen LogP) is 5.19. The molecule has 2 unspecified atom stereocenters. The monoisotopic (exact) mass is 617 g/mol. The van der Waals surface area contributed by atoms with Crippen molar-refractivity contribution in [3.8, 4) is 0 Å². The van der Waals surface area contributed by atoms with Crippen molar-refractivity contribution in [1.29, 1.82) is 0 Å². The highest BCUT2D eigenvalue weighted by atomic mass is 35.5. The Balaban J connectivity index is 1.29. The van der Waals surface area contributed by atoms with Crippen LogP contribution in [0, 0.1) is 31.0 Å². The molecule has 3 saturated heterocycles. The number of ether oxygens (including phenoxy) is 1. The molecule has 3 amide bonds. The summed E-state index contributed by atoms with van der Waals surface area (Å²) in [5.41, 5.74) is 2.16. The van der Waals surface area contributed by atoms with Gasteiger partial charge in [0, 0.05) is 38.3 Å². The van der Waals surface area contributed by atoms with Crippen molar-refractivity contribution in [1.82, 2.24) is 9.80 Å². The lowest BCUT2D eigenvalue weighted by atomic mass is 9.76. The summed E-state index contributed by atoms with van der Waals surface area (Å²) in [5, 5.41) is 0.0279. The van der Waals surface area contributed by atoms with E-state index in [-0.39, 0.29) is 47.0 Å². The van der Waals surface area contributed by atoms with Crippen molar-refractivity contribution >= 4 is 52.6 Å². The topological polar surface area (TPSA) is 87.2 Å². The number of hydrogen-bond donors (Lipinski definition) is 0. The molecule has 3 aliphatic rings. The average molecular weight is 619 g/mol. The van der Waals surface area contributed by atoms with E-state index in [9.17, 15) is 23.6 Å². The zero-order chi connectivity index (χ0) is 30.3. The largest absolute Gasteiger partial charge is 0.464 e. The minimum Gasteiger partial charge on any atom is -0.464 e. The number of halogens is 3. The number of esters is 1. The lowest BCUT2D eigenvalue weighted by Gasteiger charge is -2.40. The molecule has 5 rings (SSSR count). The van der Waals surface area contributed by atoms with E-state index in [4.69, 9.17) is 27.9 Å². The Morgan fingerprint density at radius 3 is 2.36 bits per heavy atom. The second-order valence-corrected chi connectivity index (χ2v) is 12.4. The molecular formula is C31H34Cl2FN3O5. The summed E-state index contributed by atoms with van der Waals surface area (Å²) in [5.74, 6) is -2.57. The summed E-state index contributed by atoms with van der Waals surface area (Å²) >= 11 is 12.0. The third kappa shape index (κ3) is 5.61. The molecule has 42 heavy (non-hydrogen) atoms. The van der Waals surface area contributed by atoms with Crippen molar-refractivity contribution in [3.63, 3.8) is 0 Å². The van der Waals surface area contributed by atoms with E-state index in [1.54, 1.807) is 16.7 Å². The van der Waals surface area contributed by atoms with Crippen molar-refractivity contribution < 1.29 is 28.3 Å². The summed E-state index contributed by atoms with van der Waals surface area (Å²) in [7, 11) is 0. The van der Waals surface area contributed by atoms with Crippen LogP contribution in [0.4, 0.5) is 10.1 Å². The van der Waals surface area contributed by atoms with Crippen LogP contribution in [0.3, 0.4) is 0 Å². The standard InChI is InChI=1S/C31H34Cl2FN3O5/c1-4-42-30(41)25-15-31(17-37(25)29(40)21-13-22(32)23(33)14-24(21)34)8-10-35(11-9-31)28(39)20-12-26(38)36(16-20)27-18(2)6-5-7-19(27)3/h5-7,13-14,20,25H,4,8-12,15-17H2,1-3H3. The molecule has 3 fully saturated rings. The highest BCUT2D eigenvalue weighted by molar-refractivity contribution is 6.42. The van der Waals surface area contributed by atoms with Crippen molar-refractivity contribution in [2.24, 2.45) is 11.3 Å². The van der Waals surface area contributed by atoms with Crippen molar-refractivity contribution in [2.75, 3.05) is 37.7 Å². The van der Waals surface area contributed by atoms with Gasteiger partial charge in [-0.25, -0.2) is 9.18 Å². The van der Waals surface area contributed by atoms with Crippen LogP contribution in [0.2, 0.25) is 10.0 Å². The Hall–Kier alpha value is -3.17. The Kier molecular flexibility index (Phi) is 8.54. The van der Waals surface area contributed by atoms with Crippen LogP contribution >= 0.6 is 23.2 Å². The van der Waals surface area contributed by atoms with Gasteiger partial charge in [-0.15, -0.1) is 0 Å². The van der Waals surface area contributed by atoms with Gasteiger partial charge < -0.3 is 19.4 Å². The van der Waals surface area contributed by atoms with Gasteiger partial charge in [-0.05, 0) is 68.7 Å². The van der Waals surface area contributed by atoms with Crippen molar-refractivity contribution in [3.05, 3.63) is 62.9 Å². The molecule has 1 spiro atoms. The number of likely N-dealkylation sites (tertiary alicyclic amines) is 2. The fourth-order valence-electron chi connectivity index (χ4n) is 6.70. The molecule has 2 atom stereocenters. The third-order valence-electron chi connectivity index (χ3n) is 8.89. The summed E-state index contributed by atoms with van der Waals surface area (Å²) in [6, 6.07) is 7.16. The number of carbonyl (C=O) groups is 4. The summed E-state index contributed by atoms with van der Waals surface area (Å²) in [6.07, 6.45) is 1.63. The van der Waals surface area contributed by atoms with Crippen LogP contribution in [0.25, 0.3) is 0 Å². The van der Waals surface area contributed by atoms with Crippen LogP contribution in [-0.4, -0.2) is 72.3 Å². The fraction of sp³-hybridized carbons (Fsp3) is 0.484. The van der Waals surface area contributed by atoms with Gasteiger partial charge in [0.25, 0.3) is 5.91 Å². The first-order valence-corrected chi connectivity index (χ1v) is 15.0. The smallest absolute Gasteiger partial charge is 0.328 e. The van der Waals surface area contributed by atoms with Gasteiger partial charge in [0.15, 0.2) is 0 Å². The first-order chi connectivity index (χ1) is 19.9. The number of piperidine rings is 1. The quantitative estimate of drug-likeness (QED) is 0.340. The molecule has 0 aliphatic carbocycles. The highest BCUT2D eigenvalue weighted by Crippen LogP contribution is 2.45. The van der Waals surface area contributed by atoms with Gasteiger partial charge in [-0.2, -0.15) is 0 Å². The first-order valence-electron chi connectivity index (χ1n) is 14.2.